The van der Waals surface area contributed by atoms with E-state index in [1.54, 1.807) is 30.5 Å². The van der Waals surface area contributed by atoms with Gasteiger partial charge in [-0.1, -0.05) is 18.2 Å². The Hall–Kier alpha value is -3.13. The van der Waals surface area contributed by atoms with Crippen LogP contribution in [0.3, 0.4) is 0 Å². The van der Waals surface area contributed by atoms with Crippen LogP contribution in [0, 0.1) is 11.3 Å². The molecule has 0 aliphatic rings. The SMILES string of the molecule is N#Cc1ccc(OCCOc2nncc3ccccc23)cc1. The quantitative estimate of drug-likeness (QED) is 0.676. The summed E-state index contributed by atoms with van der Waals surface area (Å²) in [5.41, 5.74) is 0.606. The molecule has 3 aromatic rings. The number of nitrogens with zero attached hydrogens (tertiary/aromatic N) is 3. The van der Waals surface area contributed by atoms with Crippen molar-refractivity contribution >= 4 is 10.8 Å². The molecule has 5 nitrogen and oxygen atoms in total. The van der Waals surface area contributed by atoms with Crippen molar-refractivity contribution in [3.05, 3.63) is 60.3 Å². The highest BCUT2D eigenvalue weighted by atomic mass is 16.5. The van der Waals surface area contributed by atoms with Crippen molar-refractivity contribution in [2.75, 3.05) is 13.2 Å². The van der Waals surface area contributed by atoms with Crippen LogP contribution in [0.2, 0.25) is 0 Å². The zero-order valence-corrected chi connectivity index (χ0v) is 11.8. The topological polar surface area (TPSA) is 68.0 Å². The highest BCUT2D eigenvalue weighted by molar-refractivity contribution is 5.85. The molecule has 0 aliphatic heterocycles. The molecular weight excluding hydrogens is 278 g/mol. The molecule has 0 unspecified atom stereocenters. The van der Waals surface area contributed by atoms with Crippen LogP contribution in [-0.4, -0.2) is 23.4 Å². The fraction of sp³-hybridized carbons (Fsp3) is 0.118. The van der Waals surface area contributed by atoms with E-state index in [0.717, 1.165) is 10.8 Å². The molecule has 0 N–H and O–H groups in total. The molecule has 108 valence electrons. The van der Waals surface area contributed by atoms with Gasteiger partial charge < -0.3 is 9.47 Å². The average Bonchev–Trinajstić information content (AvgIpc) is 2.59. The number of hydrogen-bond donors (Lipinski definition) is 0. The summed E-state index contributed by atoms with van der Waals surface area (Å²) in [6.45, 7) is 0.749. The first-order valence-corrected chi connectivity index (χ1v) is 6.83. The monoisotopic (exact) mass is 291 g/mol. The van der Waals surface area contributed by atoms with Crippen molar-refractivity contribution < 1.29 is 9.47 Å². The van der Waals surface area contributed by atoms with E-state index in [0.29, 0.717) is 30.4 Å². The van der Waals surface area contributed by atoms with Crippen LogP contribution in [0.1, 0.15) is 5.56 Å². The molecule has 1 heterocycles. The van der Waals surface area contributed by atoms with E-state index < -0.39 is 0 Å². The van der Waals surface area contributed by atoms with Crippen LogP contribution in [0.15, 0.2) is 54.7 Å². The van der Waals surface area contributed by atoms with Gasteiger partial charge in [-0.3, -0.25) is 0 Å². The van der Waals surface area contributed by atoms with Gasteiger partial charge in [-0.25, -0.2) is 0 Å². The van der Waals surface area contributed by atoms with E-state index in [-0.39, 0.29) is 0 Å². The number of fused-ring (bicyclic) bond motifs is 1. The summed E-state index contributed by atoms with van der Waals surface area (Å²) in [6, 6.07) is 16.8. The number of nitriles is 1. The Kier molecular flexibility index (Phi) is 4.12. The average molecular weight is 291 g/mol. The second kappa shape index (κ2) is 6.55. The Bertz CT molecular complexity index is 805. The molecule has 0 saturated heterocycles. The Balaban J connectivity index is 1.57. The van der Waals surface area contributed by atoms with Crippen LogP contribution in [0.25, 0.3) is 10.8 Å². The van der Waals surface area contributed by atoms with E-state index in [9.17, 15) is 0 Å². The minimum Gasteiger partial charge on any atom is -0.490 e. The lowest BCUT2D eigenvalue weighted by Gasteiger charge is -2.09. The lowest BCUT2D eigenvalue weighted by atomic mass is 10.2. The highest BCUT2D eigenvalue weighted by Crippen LogP contribution is 2.21. The molecule has 0 spiro atoms. The van der Waals surface area contributed by atoms with Gasteiger partial charge in [-0.2, -0.15) is 10.4 Å². The smallest absolute Gasteiger partial charge is 0.241 e. The minimum absolute atomic E-state index is 0.364. The van der Waals surface area contributed by atoms with Crippen molar-refractivity contribution in [3.8, 4) is 17.7 Å². The second-order valence-corrected chi connectivity index (χ2v) is 4.57. The maximum Gasteiger partial charge on any atom is 0.241 e. The molecule has 0 atom stereocenters. The maximum absolute atomic E-state index is 8.73. The number of aromatic nitrogens is 2. The number of ether oxygens (including phenoxy) is 2. The van der Waals surface area contributed by atoms with Crippen molar-refractivity contribution in [1.82, 2.24) is 10.2 Å². The second-order valence-electron chi connectivity index (χ2n) is 4.57. The predicted molar refractivity (Wildman–Crippen MR) is 81.7 cm³/mol. The Labute approximate surface area is 127 Å². The van der Waals surface area contributed by atoms with E-state index in [1.807, 2.05) is 24.3 Å². The maximum atomic E-state index is 8.73. The van der Waals surface area contributed by atoms with Crippen LogP contribution in [0.5, 0.6) is 11.6 Å². The fourth-order valence-electron chi connectivity index (χ4n) is 2.03. The third-order valence-corrected chi connectivity index (χ3v) is 3.11. The molecule has 0 amide bonds. The predicted octanol–water partition coefficient (Wildman–Crippen LogP) is 2.96. The van der Waals surface area contributed by atoms with Gasteiger partial charge in [-0.15, -0.1) is 5.10 Å². The Morgan fingerprint density at radius 3 is 2.55 bits per heavy atom. The summed E-state index contributed by atoms with van der Waals surface area (Å²) in [7, 11) is 0. The van der Waals surface area contributed by atoms with Gasteiger partial charge in [0.15, 0.2) is 0 Å². The third-order valence-electron chi connectivity index (χ3n) is 3.11. The summed E-state index contributed by atoms with van der Waals surface area (Å²) in [4.78, 5) is 0. The summed E-state index contributed by atoms with van der Waals surface area (Å²) in [5, 5.41) is 18.6. The van der Waals surface area contributed by atoms with Crippen molar-refractivity contribution in [1.29, 1.82) is 5.26 Å². The first kappa shape index (κ1) is 13.8. The fourth-order valence-corrected chi connectivity index (χ4v) is 2.03. The van der Waals surface area contributed by atoms with Gasteiger partial charge in [0.2, 0.25) is 5.88 Å². The number of rotatable bonds is 5. The van der Waals surface area contributed by atoms with Gasteiger partial charge in [0.1, 0.15) is 19.0 Å². The van der Waals surface area contributed by atoms with Crippen molar-refractivity contribution in [3.63, 3.8) is 0 Å². The minimum atomic E-state index is 0.364. The van der Waals surface area contributed by atoms with Crippen LogP contribution >= 0.6 is 0 Å². The Morgan fingerprint density at radius 2 is 1.73 bits per heavy atom. The first-order chi connectivity index (χ1) is 10.9. The lowest BCUT2D eigenvalue weighted by Crippen LogP contribution is -2.10. The van der Waals surface area contributed by atoms with Crippen molar-refractivity contribution in [2.45, 2.75) is 0 Å². The first-order valence-electron chi connectivity index (χ1n) is 6.83. The van der Waals surface area contributed by atoms with Gasteiger partial charge >= 0.3 is 0 Å². The summed E-state index contributed by atoms with van der Waals surface area (Å²) < 4.78 is 11.2. The lowest BCUT2D eigenvalue weighted by molar-refractivity contribution is 0.212. The van der Waals surface area contributed by atoms with Crippen LogP contribution in [0.4, 0.5) is 0 Å². The molecule has 1 aromatic heterocycles. The van der Waals surface area contributed by atoms with Gasteiger partial charge in [-0.05, 0) is 30.3 Å². The largest absolute Gasteiger partial charge is 0.490 e. The Morgan fingerprint density at radius 1 is 0.955 bits per heavy atom. The summed E-state index contributed by atoms with van der Waals surface area (Å²) in [6.07, 6.45) is 1.70. The van der Waals surface area contributed by atoms with E-state index >= 15 is 0 Å². The normalized spacial score (nSPS) is 10.1. The van der Waals surface area contributed by atoms with E-state index in [2.05, 4.69) is 16.3 Å². The van der Waals surface area contributed by atoms with Crippen LogP contribution < -0.4 is 9.47 Å². The van der Waals surface area contributed by atoms with Gasteiger partial charge in [0, 0.05) is 10.8 Å². The van der Waals surface area contributed by atoms with E-state index in [1.165, 1.54) is 0 Å². The molecular formula is C17H13N3O2. The molecule has 22 heavy (non-hydrogen) atoms. The molecule has 0 bridgehead atoms. The van der Waals surface area contributed by atoms with E-state index in [4.69, 9.17) is 14.7 Å². The number of hydrogen-bond acceptors (Lipinski definition) is 5. The molecule has 5 heteroatoms. The third kappa shape index (κ3) is 3.13. The van der Waals surface area contributed by atoms with Gasteiger partial charge in [0.25, 0.3) is 0 Å². The molecule has 0 aliphatic carbocycles. The standard InChI is InChI=1S/C17H13N3O2/c18-11-13-5-7-15(8-6-13)21-9-10-22-17-16-4-2-1-3-14(16)12-19-20-17/h1-8,12H,9-10H2. The number of benzene rings is 2. The zero-order valence-electron chi connectivity index (χ0n) is 11.8. The van der Waals surface area contributed by atoms with Crippen molar-refractivity contribution in [2.24, 2.45) is 0 Å². The molecule has 0 saturated carbocycles. The molecule has 3 rings (SSSR count). The summed E-state index contributed by atoms with van der Waals surface area (Å²) >= 11 is 0. The molecule has 0 fully saturated rings. The summed E-state index contributed by atoms with van der Waals surface area (Å²) in [5.74, 6) is 1.20. The molecule has 2 aromatic carbocycles. The van der Waals surface area contributed by atoms with Crippen LogP contribution in [-0.2, 0) is 0 Å². The molecule has 0 radical (unpaired) electrons. The van der Waals surface area contributed by atoms with Gasteiger partial charge in [0.05, 0.1) is 17.8 Å². The highest BCUT2D eigenvalue weighted by Gasteiger charge is 2.04. The zero-order chi connectivity index (χ0) is 15.2.